The number of carboxylic acid groups (broad SMARTS) is 1. The average Bonchev–Trinajstić information content (AvgIpc) is 2.67. The SMILES string of the molecule is CC(C)c1ccc(C(C)N2CCN(c3cccc(C(=O)O)c3)CC2)cc1. The number of piperazine rings is 1. The number of benzene rings is 2. The molecule has 0 radical (unpaired) electrons. The van der Waals surface area contributed by atoms with Gasteiger partial charge in [0.2, 0.25) is 0 Å². The number of anilines is 1. The standard InChI is InChI=1S/C22H28N2O2/c1-16(2)18-7-9-19(10-8-18)17(3)23-11-13-24(14-12-23)21-6-4-5-20(15-21)22(25)26/h4-10,15-17H,11-14H2,1-3H3,(H,25,26). The first-order valence-electron chi connectivity index (χ1n) is 9.38. The molecule has 1 atom stereocenters. The normalized spacial score (nSPS) is 16.7. The first-order valence-corrected chi connectivity index (χ1v) is 9.38. The highest BCUT2D eigenvalue weighted by Gasteiger charge is 2.22. The second kappa shape index (κ2) is 7.92. The van der Waals surface area contributed by atoms with Crippen LogP contribution < -0.4 is 4.90 Å². The zero-order chi connectivity index (χ0) is 18.7. The van der Waals surface area contributed by atoms with Crippen molar-refractivity contribution >= 4 is 11.7 Å². The van der Waals surface area contributed by atoms with E-state index in [0.717, 1.165) is 31.9 Å². The lowest BCUT2D eigenvalue weighted by atomic mass is 9.99. The van der Waals surface area contributed by atoms with Gasteiger partial charge >= 0.3 is 5.97 Å². The minimum atomic E-state index is -0.871. The summed E-state index contributed by atoms with van der Waals surface area (Å²) in [5.74, 6) is -0.312. The molecule has 1 saturated heterocycles. The molecule has 0 amide bonds. The maximum absolute atomic E-state index is 11.2. The van der Waals surface area contributed by atoms with E-state index in [1.54, 1.807) is 12.1 Å². The van der Waals surface area contributed by atoms with Crippen LogP contribution in [0.1, 0.15) is 54.2 Å². The van der Waals surface area contributed by atoms with Gasteiger partial charge in [0.05, 0.1) is 5.56 Å². The Bertz CT molecular complexity index is 747. The smallest absolute Gasteiger partial charge is 0.335 e. The van der Waals surface area contributed by atoms with Gasteiger partial charge in [0.25, 0.3) is 0 Å². The van der Waals surface area contributed by atoms with Crippen LogP contribution in [0.5, 0.6) is 0 Å². The van der Waals surface area contributed by atoms with Crippen LogP contribution in [0.4, 0.5) is 5.69 Å². The Hall–Kier alpha value is -2.33. The molecule has 4 heteroatoms. The summed E-state index contributed by atoms with van der Waals surface area (Å²) in [6, 6.07) is 16.6. The maximum atomic E-state index is 11.2. The summed E-state index contributed by atoms with van der Waals surface area (Å²) in [6.07, 6.45) is 0. The first-order chi connectivity index (χ1) is 12.5. The number of aromatic carboxylic acids is 1. The lowest BCUT2D eigenvalue weighted by Gasteiger charge is -2.39. The zero-order valence-corrected chi connectivity index (χ0v) is 15.9. The fraction of sp³-hybridized carbons (Fsp3) is 0.409. The highest BCUT2D eigenvalue weighted by atomic mass is 16.4. The summed E-state index contributed by atoms with van der Waals surface area (Å²) in [5, 5.41) is 9.18. The topological polar surface area (TPSA) is 43.8 Å². The Labute approximate surface area is 156 Å². The van der Waals surface area contributed by atoms with Crippen molar-refractivity contribution in [3.63, 3.8) is 0 Å². The fourth-order valence-corrected chi connectivity index (χ4v) is 3.57. The summed E-state index contributed by atoms with van der Waals surface area (Å²) in [6.45, 7) is 10.5. The lowest BCUT2D eigenvalue weighted by molar-refractivity contribution is 0.0697. The van der Waals surface area contributed by atoms with Gasteiger partial charge < -0.3 is 10.0 Å². The molecule has 0 saturated carbocycles. The molecule has 2 aromatic carbocycles. The quantitative estimate of drug-likeness (QED) is 0.867. The van der Waals surface area contributed by atoms with Crippen LogP contribution in [-0.4, -0.2) is 42.2 Å². The van der Waals surface area contributed by atoms with Gasteiger partial charge in [-0.1, -0.05) is 44.2 Å². The number of hydrogen-bond donors (Lipinski definition) is 1. The molecule has 0 aliphatic carbocycles. The summed E-state index contributed by atoms with van der Waals surface area (Å²) in [7, 11) is 0. The number of nitrogens with zero attached hydrogens (tertiary/aromatic N) is 2. The van der Waals surface area contributed by atoms with Crippen LogP contribution in [0.25, 0.3) is 0 Å². The van der Waals surface area contributed by atoms with Crippen molar-refractivity contribution in [1.29, 1.82) is 0 Å². The van der Waals surface area contributed by atoms with Gasteiger partial charge in [0.15, 0.2) is 0 Å². The molecule has 1 aliphatic rings. The monoisotopic (exact) mass is 352 g/mol. The minimum Gasteiger partial charge on any atom is -0.478 e. The number of hydrogen-bond acceptors (Lipinski definition) is 3. The third kappa shape index (κ3) is 4.07. The molecule has 0 bridgehead atoms. The number of rotatable bonds is 5. The Morgan fingerprint density at radius 1 is 0.923 bits per heavy atom. The molecule has 1 fully saturated rings. The van der Waals surface area contributed by atoms with Crippen molar-refractivity contribution in [2.75, 3.05) is 31.1 Å². The second-order valence-corrected chi connectivity index (χ2v) is 7.38. The fourth-order valence-electron chi connectivity index (χ4n) is 3.57. The maximum Gasteiger partial charge on any atom is 0.335 e. The molecule has 2 aromatic rings. The van der Waals surface area contributed by atoms with Crippen LogP contribution in [0.15, 0.2) is 48.5 Å². The second-order valence-electron chi connectivity index (χ2n) is 7.38. The highest BCUT2D eigenvalue weighted by Crippen LogP contribution is 2.25. The molecule has 1 unspecified atom stereocenters. The summed E-state index contributed by atoms with van der Waals surface area (Å²) in [5.41, 5.74) is 4.09. The van der Waals surface area contributed by atoms with Crippen molar-refractivity contribution in [3.8, 4) is 0 Å². The molecular weight excluding hydrogens is 324 g/mol. The Morgan fingerprint density at radius 2 is 1.54 bits per heavy atom. The molecule has 26 heavy (non-hydrogen) atoms. The summed E-state index contributed by atoms with van der Waals surface area (Å²) >= 11 is 0. The molecule has 4 nitrogen and oxygen atoms in total. The van der Waals surface area contributed by atoms with Crippen molar-refractivity contribution in [1.82, 2.24) is 4.90 Å². The number of carboxylic acids is 1. The van der Waals surface area contributed by atoms with Gasteiger partial charge in [-0.05, 0) is 42.2 Å². The van der Waals surface area contributed by atoms with Crippen LogP contribution in [0, 0.1) is 0 Å². The van der Waals surface area contributed by atoms with Crippen LogP contribution in [0.2, 0.25) is 0 Å². The van der Waals surface area contributed by atoms with E-state index in [4.69, 9.17) is 0 Å². The van der Waals surface area contributed by atoms with E-state index in [1.165, 1.54) is 11.1 Å². The lowest BCUT2D eigenvalue weighted by Crippen LogP contribution is -2.47. The third-order valence-electron chi connectivity index (χ3n) is 5.41. The molecule has 0 spiro atoms. The molecule has 0 aromatic heterocycles. The molecule has 1 aliphatic heterocycles. The Morgan fingerprint density at radius 3 is 2.12 bits per heavy atom. The van der Waals surface area contributed by atoms with Crippen molar-refractivity contribution in [3.05, 3.63) is 65.2 Å². The first kappa shape index (κ1) is 18.5. The molecule has 3 rings (SSSR count). The van der Waals surface area contributed by atoms with Gasteiger partial charge in [-0.15, -0.1) is 0 Å². The molecule has 1 N–H and O–H groups in total. The van der Waals surface area contributed by atoms with E-state index in [-0.39, 0.29) is 0 Å². The predicted molar refractivity (Wildman–Crippen MR) is 106 cm³/mol. The zero-order valence-electron chi connectivity index (χ0n) is 15.9. The third-order valence-corrected chi connectivity index (χ3v) is 5.41. The van der Waals surface area contributed by atoms with Gasteiger partial charge in [0, 0.05) is 37.9 Å². The average molecular weight is 352 g/mol. The summed E-state index contributed by atoms with van der Waals surface area (Å²) < 4.78 is 0. The molecule has 1 heterocycles. The summed E-state index contributed by atoms with van der Waals surface area (Å²) in [4.78, 5) is 16.0. The largest absolute Gasteiger partial charge is 0.478 e. The highest BCUT2D eigenvalue weighted by molar-refractivity contribution is 5.88. The van der Waals surface area contributed by atoms with E-state index >= 15 is 0 Å². The van der Waals surface area contributed by atoms with Gasteiger partial charge in [-0.2, -0.15) is 0 Å². The van der Waals surface area contributed by atoms with Gasteiger partial charge in [-0.3, -0.25) is 4.90 Å². The number of carbonyl (C=O) groups is 1. The molecular formula is C22H28N2O2. The minimum absolute atomic E-state index is 0.350. The van der Waals surface area contributed by atoms with Gasteiger partial charge in [0.1, 0.15) is 0 Å². The van der Waals surface area contributed by atoms with Crippen LogP contribution in [0.3, 0.4) is 0 Å². The van der Waals surface area contributed by atoms with E-state index in [2.05, 4.69) is 54.8 Å². The van der Waals surface area contributed by atoms with Crippen molar-refractivity contribution in [2.24, 2.45) is 0 Å². The van der Waals surface area contributed by atoms with Crippen LogP contribution in [-0.2, 0) is 0 Å². The van der Waals surface area contributed by atoms with E-state index < -0.39 is 5.97 Å². The van der Waals surface area contributed by atoms with Crippen LogP contribution >= 0.6 is 0 Å². The Kier molecular flexibility index (Phi) is 5.62. The van der Waals surface area contributed by atoms with E-state index in [0.29, 0.717) is 17.5 Å². The Balaban J connectivity index is 1.62. The van der Waals surface area contributed by atoms with Crippen molar-refractivity contribution in [2.45, 2.75) is 32.7 Å². The predicted octanol–water partition coefficient (Wildman–Crippen LogP) is 4.39. The van der Waals surface area contributed by atoms with Gasteiger partial charge in [-0.25, -0.2) is 4.79 Å². The van der Waals surface area contributed by atoms with E-state index in [1.807, 2.05) is 12.1 Å². The van der Waals surface area contributed by atoms with Crippen molar-refractivity contribution < 1.29 is 9.90 Å². The molecule has 138 valence electrons. The van der Waals surface area contributed by atoms with E-state index in [9.17, 15) is 9.90 Å².